The van der Waals surface area contributed by atoms with Gasteiger partial charge in [0.05, 0.1) is 24.7 Å². The predicted octanol–water partition coefficient (Wildman–Crippen LogP) is 1.68. The molecule has 0 saturated heterocycles. The van der Waals surface area contributed by atoms with Crippen LogP contribution in [0.15, 0.2) is 18.2 Å². The van der Waals surface area contributed by atoms with E-state index in [1.807, 2.05) is 6.07 Å². The lowest BCUT2D eigenvalue weighted by atomic mass is 10.00. The first kappa shape index (κ1) is 14.7. The Bertz CT molecular complexity index is 517. The van der Waals surface area contributed by atoms with Gasteiger partial charge < -0.3 is 9.84 Å². The minimum Gasteiger partial charge on any atom is -0.481 e. The zero-order valence-corrected chi connectivity index (χ0v) is 10.7. The summed E-state index contributed by atoms with van der Waals surface area (Å²) < 4.78 is 4.84. The molecule has 1 aromatic carbocycles. The normalized spacial score (nSPS) is 9.68. The Kier molecular flexibility index (Phi) is 5.55. The fourth-order valence-corrected chi connectivity index (χ4v) is 1.68. The molecular formula is C14H15NO4. The molecule has 0 aliphatic heterocycles. The van der Waals surface area contributed by atoms with Gasteiger partial charge in [0.25, 0.3) is 0 Å². The largest absolute Gasteiger partial charge is 0.481 e. The molecule has 5 nitrogen and oxygen atoms in total. The van der Waals surface area contributed by atoms with Crippen molar-refractivity contribution in [3.63, 3.8) is 0 Å². The van der Waals surface area contributed by atoms with Crippen LogP contribution in [0, 0.1) is 11.3 Å². The lowest BCUT2D eigenvalue weighted by Crippen LogP contribution is -2.09. The smallest absolute Gasteiger partial charge is 0.310 e. The average Bonchev–Trinajstić information content (AvgIpc) is 2.36. The van der Waals surface area contributed by atoms with Crippen molar-refractivity contribution < 1.29 is 19.4 Å². The third-order valence-corrected chi connectivity index (χ3v) is 2.56. The van der Waals surface area contributed by atoms with E-state index >= 15 is 0 Å². The number of nitriles is 1. The van der Waals surface area contributed by atoms with Crippen LogP contribution in [0.25, 0.3) is 0 Å². The summed E-state index contributed by atoms with van der Waals surface area (Å²) in [6.07, 6.45) is 0.416. The second-order valence-electron chi connectivity index (χ2n) is 3.98. The van der Waals surface area contributed by atoms with Gasteiger partial charge in [0.15, 0.2) is 0 Å². The van der Waals surface area contributed by atoms with Crippen LogP contribution in [-0.2, 0) is 27.2 Å². The Balaban J connectivity index is 2.87. The van der Waals surface area contributed by atoms with Gasteiger partial charge >= 0.3 is 11.9 Å². The summed E-state index contributed by atoms with van der Waals surface area (Å²) in [7, 11) is 0. The number of aryl methyl sites for hydroxylation is 1. The number of carbonyl (C=O) groups is 2. The fourth-order valence-electron chi connectivity index (χ4n) is 1.68. The molecular weight excluding hydrogens is 246 g/mol. The monoisotopic (exact) mass is 261 g/mol. The van der Waals surface area contributed by atoms with Crippen LogP contribution in [0.5, 0.6) is 0 Å². The molecule has 0 atom stereocenters. The van der Waals surface area contributed by atoms with Crippen molar-refractivity contribution in [1.29, 1.82) is 5.26 Å². The molecule has 0 heterocycles. The summed E-state index contributed by atoms with van der Waals surface area (Å²) in [5, 5.41) is 17.6. The number of nitrogens with zero attached hydrogens (tertiary/aromatic N) is 1. The Morgan fingerprint density at radius 2 is 2.16 bits per heavy atom. The highest BCUT2D eigenvalue weighted by atomic mass is 16.5. The molecule has 0 radical (unpaired) electrons. The van der Waals surface area contributed by atoms with Crippen molar-refractivity contribution in [2.24, 2.45) is 0 Å². The maximum atomic E-state index is 11.4. The molecule has 100 valence electrons. The number of carbonyl (C=O) groups excluding carboxylic acids is 1. The summed E-state index contributed by atoms with van der Waals surface area (Å²) in [6.45, 7) is 2.01. The highest BCUT2D eigenvalue weighted by Crippen LogP contribution is 2.14. The van der Waals surface area contributed by atoms with Crippen LogP contribution in [-0.4, -0.2) is 23.7 Å². The number of ether oxygens (including phenoxy) is 1. The Labute approximate surface area is 111 Å². The van der Waals surface area contributed by atoms with Gasteiger partial charge in [-0.3, -0.25) is 9.59 Å². The van der Waals surface area contributed by atoms with Gasteiger partial charge in [0.2, 0.25) is 0 Å². The quantitative estimate of drug-likeness (QED) is 0.787. The second kappa shape index (κ2) is 7.17. The molecule has 0 aliphatic carbocycles. The van der Waals surface area contributed by atoms with Gasteiger partial charge in [-0.05, 0) is 30.5 Å². The van der Waals surface area contributed by atoms with Gasteiger partial charge in [0.1, 0.15) is 0 Å². The zero-order chi connectivity index (χ0) is 14.3. The summed E-state index contributed by atoms with van der Waals surface area (Å²) in [4.78, 5) is 21.9. The molecule has 5 heteroatoms. The number of benzene rings is 1. The molecule has 1 N–H and O–H groups in total. The third kappa shape index (κ3) is 4.80. The average molecular weight is 261 g/mol. The number of carboxylic acids is 1. The zero-order valence-electron chi connectivity index (χ0n) is 10.7. The van der Waals surface area contributed by atoms with Crippen LogP contribution in [0.1, 0.15) is 30.0 Å². The molecule has 1 aromatic rings. The summed E-state index contributed by atoms with van der Waals surface area (Å²) in [5.41, 5.74) is 1.77. The number of esters is 1. The molecule has 0 bridgehead atoms. The van der Waals surface area contributed by atoms with Crippen LogP contribution >= 0.6 is 0 Å². The molecule has 0 aliphatic rings. The lowest BCUT2D eigenvalue weighted by molar-refractivity contribution is -0.142. The van der Waals surface area contributed by atoms with Crippen molar-refractivity contribution >= 4 is 11.9 Å². The first-order valence-corrected chi connectivity index (χ1v) is 5.96. The van der Waals surface area contributed by atoms with E-state index in [4.69, 9.17) is 15.1 Å². The first-order chi connectivity index (χ1) is 9.06. The summed E-state index contributed by atoms with van der Waals surface area (Å²) in [6, 6.07) is 7.01. The van der Waals surface area contributed by atoms with E-state index in [0.717, 1.165) is 5.56 Å². The maximum absolute atomic E-state index is 11.4. The van der Waals surface area contributed by atoms with Gasteiger partial charge in [-0.15, -0.1) is 0 Å². The number of aliphatic carboxylic acids is 1. The minimum atomic E-state index is -0.878. The maximum Gasteiger partial charge on any atom is 0.310 e. The Morgan fingerprint density at radius 3 is 2.74 bits per heavy atom. The van der Waals surface area contributed by atoms with Crippen LogP contribution in [0.2, 0.25) is 0 Å². The first-order valence-electron chi connectivity index (χ1n) is 5.96. The van der Waals surface area contributed by atoms with Crippen molar-refractivity contribution in [3.05, 3.63) is 34.9 Å². The van der Waals surface area contributed by atoms with E-state index in [0.29, 0.717) is 24.2 Å². The van der Waals surface area contributed by atoms with Crippen LogP contribution in [0.3, 0.4) is 0 Å². The summed E-state index contributed by atoms with van der Waals surface area (Å²) in [5.74, 6) is -1.27. The molecule has 0 saturated carbocycles. The molecule has 0 unspecified atom stereocenters. The minimum absolute atomic E-state index is 0.0186. The molecule has 0 aromatic heterocycles. The van der Waals surface area contributed by atoms with Gasteiger partial charge in [-0.25, -0.2) is 0 Å². The molecule has 0 spiro atoms. The van der Waals surface area contributed by atoms with Crippen molar-refractivity contribution in [2.45, 2.75) is 26.2 Å². The fraction of sp³-hybridized carbons (Fsp3) is 0.357. The number of rotatable bonds is 6. The van der Waals surface area contributed by atoms with E-state index in [1.54, 1.807) is 25.1 Å². The van der Waals surface area contributed by atoms with E-state index in [9.17, 15) is 9.59 Å². The van der Waals surface area contributed by atoms with Crippen molar-refractivity contribution in [3.8, 4) is 6.07 Å². The van der Waals surface area contributed by atoms with E-state index < -0.39 is 11.9 Å². The summed E-state index contributed by atoms with van der Waals surface area (Å²) >= 11 is 0. The molecule has 19 heavy (non-hydrogen) atoms. The predicted molar refractivity (Wildman–Crippen MR) is 67.5 cm³/mol. The Morgan fingerprint density at radius 1 is 1.42 bits per heavy atom. The van der Waals surface area contributed by atoms with Gasteiger partial charge in [-0.1, -0.05) is 12.1 Å². The van der Waals surface area contributed by atoms with Gasteiger partial charge in [0, 0.05) is 6.42 Å². The number of carboxylic acid groups (broad SMARTS) is 1. The third-order valence-electron chi connectivity index (χ3n) is 2.56. The molecule has 0 fully saturated rings. The lowest BCUT2D eigenvalue weighted by Gasteiger charge is -2.07. The number of hydrogen-bond donors (Lipinski definition) is 1. The van der Waals surface area contributed by atoms with E-state index in [1.165, 1.54) is 0 Å². The van der Waals surface area contributed by atoms with Crippen LogP contribution < -0.4 is 0 Å². The van der Waals surface area contributed by atoms with E-state index in [-0.39, 0.29) is 12.8 Å². The topological polar surface area (TPSA) is 87.4 Å². The molecule has 0 amide bonds. The Hall–Kier alpha value is -2.35. The number of hydrogen-bond acceptors (Lipinski definition) is 4. The highest BCUT2D eigenvalue weighted by Gasteiger charge is 2.10. The van der Waals surface area contributed by atoms with Gasteiger partial charge in [-0.2, -0.15) is 5.26 Å². The highest BCUT2D eigenvalue weighted by molar-refractivity contribution is 5.73. The second-order valence-corrected chi connectivity index (χ2v) is 3.98. The SMILES string of the molecule is CCOC(=O)Cc1cc(CCC(=O)O)ccc1C#N. The van der Waals surface area contributed by atoms with Crippen LogP contribution in [0.4, 0.5) is 0 Å². The van der Waals surface area contributed by atoms with Crippen molar-refractivity contribution in [2.75, 3.05) is 6.61 Å². The molecule has 1 rings (SSSR count). The van der Waals surface area contributed by atoms with Crippen molar-refractivity contribution in [1.82, 2.24) is 0 Å². The van der Waals surface area contributed by atoms with E-state index in [2.05, 4.69) is 0 Å². The standard InChI is InChI=1S/C14H15NO4/c1-2-19-14(18)8-12-7-10(4-6-13(16)17)3-5-11(12)9-15/h3,5,7H,2,4,6,8H2,1H3,(H,16,17).